The van der Waals surface area contributed by atoms with Gasteiger partial charge in [0, 0.05) is 17.9 Å². The van der Waals surface area contributed by atoms with E-state index in [0.717, 1.165) is 0 Å². The van der Waals surface area contributed by atoms with Gasteiger partial charge in [0.25, 0.3) is 0 Å². The van der Waals surface area contributed by atoms with Crippen LogP contribution in [-0.2, 0) is 11.0 Å². The van der Waals surface area contributed by atoms with Crippen LogP contribution in [0.3, 0.4) is 0 Å². The fourth-order valence-corrected chi connectivity index (χ4v) is 2.48. The first-order chi connectivity index (χ1) is 8.34. The Hall–Kier alpha value is -0.540. The number of alkyl halides is 3. The van der Waals surface area contributed by atoms with Crippen molar-refractivity contribution in [2.45, 2.75) is 58.5 Å². The topological polar surface area (TPSA) is 29.1 Å². The van der Waals surface area contributed by atoms with Crippen LogP contribution < -0.4 is 4.72 Å². The van der Waals surface area contributed by atoms with Gasteiger partial charge in [-0.3, -0.25) is 0 Å². The van der Waals surface area contributed by atoms with Gasteiger partial charge in [0.2, 0.25) is 0 Å². The summed E-state index contributed by atoms with van der Waals surface area (Å²) in [7, 11) is -1.33. The van der Waals surface area contributed by atoms with E-state index >= 15 is 0 Å². The second kappa shape index (κ2) is 6.76. The Morgan fingerprint density at radius 3 is 1.89 bits per heavy atom. The maximum absolute atomic E-state index is 12.1. The Kier molecular flexibility index (Phi) is 6.56. The largest absolute Gasteiger partial charge is 0.457 e. The van der Waals surface area contributed by atoms with Crippen LogP contribution >= 0.6 is 0 Å². The van der Waals surface area contributed by atoms with Crippen LogP contribution in [0.4, 0.5) is 13.2 Å². The zero-order chi connectivity index (χ0) is 15.4. The van der Waals surface area contributed by atoms with Gasteiger partial charge in [0.15, 0.2) is 0 Å². The zero-order valence-corrected chi connectivity index (χ0v) is 13.0. The Balaban J connectivity index is 4.93. The van der Waals surface area contributed by atoms with Gasteiger partial charge in [0.1, 0.15) is 0 Å². The number of nitrogens with one attached hydrogen (secondary N) is 1. The normalized spacial score (nSPS) is 17.6. The molecule has 0 fully saturated rings. The molecule has 2 unspecified atom stereocenters. The lowest BCUT2D eigenvalue weighted by Gasteiger charge is -2.28. The highest BCUT2D eigenvalue weighted by Crippen LogP contribution is 2.18. The summed E-state index contributed by atoms with van der Waals surface area (Å²) in [6.45, 7) is 10.8. The maximum Gasteiger partial charge on any atom is 0.457 e. The Labute approximate surface area is 116 Å². The van der Waals surface area contributed by atoms with Crippen molar-refractivity contribution in [3.8, 4) is 11.8 Å². The van der Waals surface area contributed by atoms with E-state index in [4.69, 9.17) is 0 Å². The Morgan fingerprint density at radius 2 is 1.58 bits per heavy atom. The van der Waals surface area contributed by atoms with Crippen molar-refractivity contribution in [3.05, 3.63) is 0 Å². The molecule has 3 atom stereocenters. The molecule has 0 heterocycles. The molecule has 0 aromatic rings. The molecule has 0 spiro atoms. The van der Waals surface area contributed by atoms with Crippen LogP contribution in [-0.4, -0.2) is 21.2 Å². The lowest BCUT2D eigenvalue weighted by atomic mass is 9.93. The van der Waals surface area contributed by atoms with Gasteiger partial charge in [-0.05, 0) is 33.6 Å². The summed E-state index contributed by atoms with van der Waals surface area (Å²) in [5, 5.41) is 0. The van der Waals surface area contributed by atoms with E-state index in [1.165, 1.54) is 5.92 Å². The van der Waals surface area contributed by atoms with E-state index in [1.54, 1.807) is 27.7 Å². The number of hydrogen-bond acceptors (Lipinski definition) is 1. The third-order valence-corrected chi connectivity index (χ3v) is 4.10. The molecule has 0 aliphatic carbocycles. The van der Waals surface area contributed by atoms with Crippen LogP contribution in [0.25, 0.3) is 0 Å². The van der Waals surface area contributed by atoms with Gasteiger partial charge >= 0.3 is 6.18 Å². The summed E-state index contributed by atoms with van der Waals surface area (Å²) in [5.74, 6) is 2.97. The summed E-state index contributed by atoms with van der Waals surface area (Å²) < 4.78 is 50.7. The van der Waals surface area contributed by atoms with Crippen LogP contribution in [0, 0.1) is 23.7 Å². The van der Waals surface area contributed by atoms with Crippen molar-refractivity contribution in [2.24, 2.45) is 11.8 Å². The second-order valence-electron chi connectivity index (χ2n) is 5.82. The minimum Gasteiger partial charge on any atom is -0.242 e. The Bertz CT molecular complexity index is 374. The summed E-state index contributed by atoms with van der Waals surface area (Å²) in [6, 6.07) is -0.352. The predicted molar refractivity (Wildman–Crippen MR) is 72.7 cm³/mol. The molecule has 0 aliphatic rings. The van der Waals surface area contributed by atoms with E-state index in [2.05, 4.69) is 10.6 Å². The molecule has 2 nitrogen and oxygen atoms in total. The van der Waals surface area contributed by atoms with E-state index < -0.39 is 27.8 Å². The molecule has 0 aliphatic heterocycles. The first-order valence-electron chi connectivity index (χ1n) is 6.12. The van der Waals surface area contributed by atoms with Crippen molar-refractivity contribution in [2.75, 3.05) is 0 Å². The van der Waals surface area contributed by atoms with Crippen LogP contribution in [0.5, 0.6) is 0 Å². The quantitative estimate of drug-likeness (QED) is 0.793. The molecular formula is C13H22F3NOS. The molecule has 0 aromatic carbocycles. The van der Waals surface area contributed by atoms with Gasteiger partial charge in [-0.15, -0.1) is 0 Å². The molecule has 19 heavy (non-hydrogen) atoms. The molecule has 1 N–H and O–H groups in total. The average Bonchev–Trinajstić information content (AvgIpc) is 2.19. The average molecular weight is 297 g/mol. The van der Waals surface area contributed by atoms with Crippen LogP contribution in [0.2, 0.25) is 0 Å². The van der Waals surface area contributed by atoms with Gasteiger partial charge in [-0.25, -0.2) is 8.93 Å². The zero-order valence-electron chi connectivity index (χ0n) is 12.2. The third-order valence-electron chi connectivity index (χ3n) is 2.50. The molecule has 0 bridgehead atoms. The second-order valence-corrected chi connectivity index (χ2v) is 7.82. The minimum absolute atomic E-state index is 0.0313. The van der Waals surface area contributed by atoms with Gasteiger partial charge in [-0.1, -0.05) is 19.8 Å². The molecule has 112 valence electrons. The molecule has 6 heteroatoms. The summed E-state index contributed by atoms with van der Waals surface area (Å²) >= 11 is 0. The Morgan fingerprint density at radius 1 is 1.11 bits per heavy atom. The summed E-state index contributed by atoms with van der Waals surface area (Å²) in [4.78, 5) is 0. The summed E-state index contributed by atoms with van der Waals surface area (Å²) in [5.41, 5.74) is 0. The molecule has 0 radical (unpaired) electrons. The first-order valence-corrected chi connectivity index (χ1v) is 7.27. The van der Waals surface area contributed by atoms with Gasteiger partial charge in [-0.2, -0.15) is 13.2 Å². The van der Waals surface area contributed by atoms with Crippen molar-refractivity contribution in [1.29, 1.82) is 0 Å². The highest BCUT2D eigenvalue weighted by molar-refractivity contribution is 7.84. The number of hydrogen-bond donors (Lipinski definition) is 1. The molecule has 0 saturated heterocycles. The minimum atomic E-state index is -4.49. The highest BCUT2D eigenvalue weighted by atomic mass is 32.2. The monoisotopic (exact) mass is 297 g/mol. The molecule has 0 amide bonds. The molecular weight excluding hydrogens is 275 g/mol. The molecule has 0 rings (SSSR count). The van der Waals surface area contributed by atoms with Crippen LogP contribution in [0.15, 0.2) is 0 Å². The van der Waals surface area contributed by atoms with Crippen molar-refractivity contribution >= 4 is 11.0 Å². The SMILES string of the molecule is CC(C)[C@H](NS(=O)C(C)(C)C)C(C)C#CC(F)(F)F. The number of rotatable bonds is 4. The van der Waals surface area contributed by atoms with Crippen molar-refractivity contribution in [1.82, 2.24) is 4.72 Å². The fraction of sp³-hybridized carbons (Fsp3) is 0.846. The third kappa shape index (κ3) is 7.58. The van der Waals surface area contributed by atoms with E-state index in [-0.39, 0.29) is 12.0 Å². The summed E-state index contributed by atoms with van der Waals surface area (Å²) in [6.07, 6.45) is -4.49. The van der Waals surface area contributed by atoms with Gasteiger partial charge < -0.3 is 0 Å². The lowest BCUT2D eigenvalue weighted by Crippen LogP contribution is -2.45. The van der Waals surface area contributed by atoms with Gasteiger partial charge in [0.05, 0.1) is 15.7 Å². The maximum atomic E-state index is 12.1. The van der Waals surface area contributed by atoms with E-state index in [0.29, 0.717) is 0 Å². The molecule has 0 aromatic heterocycles. The fourth-order valence-electron chi connectivity index (χ4n) is 1.40. The standard InChI is InChI=1S/C13H22F3NOS/c1-9(2)11(17-19(18)12(4,5)6)10(3)7-8-13(14,15)16/h9-11,17H,1-6H3/t10?,11-,19?/m0/s1. The first kappa shape index (κ1) is 18.5. The van der Waals surface area contributed by atoms with E-state index in [9.17, 15) is 17.4 Å². The van der Waals surface area contributed by atoms with Crippen molar-refractivity contribution in [3.63, 3.8) is 0 Å². The number of halogens is 3. The predicted octanol–water partition coefficient (Wildman–Crippen LogP) is 3.26. The van der Waals surface area contributed by atoms with Crippen molar-refractivity contribution < 1.29 is 17.4 Å². The lowest BCUT2D eigenvalue weighted by molar-refractivity contribution is -0.0698. The molecule has 0 saturated carbocycles. The highest BCUT2D eigenvalue weighted by Gasteiger charge is 2.28. The smallest absolute Gasteiger partial charge is 0.242 e. The van der Waals surface area contributed by atoms with E-state index in [1.807, 2.05) is 13.8 Å². The van der Waals surface area contributed by atoms with Crippen LogP contribution in [0.1, 0.15) is 41.5 Å².